The number of aliphatic carboxylic acids is 1. The lowest BCUT2D eigenvalue weighted by Gasteiger charge is -2.11. The molecule has 1 fully saturated rings. The van der Waals surface area contributed by atoms with Gasteiger partial charge in [0.25, 0.3) is 0 Å². The fraction of sp³-hybridized carbons (Fsp3) is 0.292. The van der Waals surface area contributed by atoms with Crippen molar-refractivity contribution in [2.24, 2.45) is 0 Å². The summed E-state index contributed by atoms with van der Waals surface area (Å²) in [5.41, 5.74) is 2.89. The normalized spacial score (nSPS) is 13.4. The fourth-order valence-corrected chi connectivity index (χ4v) is 4.59. The first-order chi connectivity index (χ1) is 14.1. The van der Waals surface area contributed by atoms with Gasteiger partial charge in [-0.2, -0.15) is 0 Å². The summed E-state index contributed by atoms with van der Waals surface area (Å²) in [5, 5.41) is 10.5. The van der Waals surface area contributed by atoms with Gasteiger partial charge in [-0.1, -0.05) is 18.2 Å². The number of hydrogen-bond acceptors (Lipinski definition) is 4. The van der Waals surface area contributed by atoms with E-state index in [4.69, 9.17) is 4.74 Å². The number of benzene rings is 2. The monoisotopic (exact) mass is 409 g/mol. The Hall–Kier alpha value is -2.66. The van der Waals surface area contributed by atoms with E-state index in [1.165, 1.54) is 23.8 Å². The van der Waals surface area contributed by atoms with Crippen molar-refractivity contribution in [3.63, 3.8) is 0 Å². The molecule has 0 amide bonds. The Morgan fingerprint density at radius 1 is 1.10 bits per heavy atom. The molecule has 3 nitrogen and oxygen atoms in total. The van der Waals surface area contributed by atoms with Crippen LogP contribution in [0.1, 0.15) is 47.6 Å². The Bertz CT molecular complexity index is 990. The van der Waals surface area contributed by atoms with Crippen LogP contribution in [0.15, 0.2) is 54.6 Å². The van der Waals surface area contributed by atoms with Crippen LogP contribution in [0.3, 0.4) is 0 Å². The summed E-state index contributed by atoms with van der Waals surface area (Å²) in [6.45, 7) is 0.286. The molecule has 2 aromatic carbocycles. The van der Waals surface area contributed by atoms with Crippen LogP contribution in [-0.2, 0) is 17.8 Å². The molecule has 150 valence electrons. The molecule has 5 heteroatoms. The van der Waals surface area contributed by atoms with Crippen LogP contribution < -0.4 is 9.84 Å². The molecule has 0 unspecified atom stereocenters. The predicted molar refractivity (Wildman–Crippen MR) is 110 cm³/mol. The second-order valence-corrected chi connectivity index (χ2v) is 8.55. The lowest BCUT2D eigenvalue weighted by atomic mass is 10.1. The molecular formula is C24H22FO3S-. The van der Waals surface area contributed by atoms with Gasteiger partial charge in [0, 0.05) is 21.3 Å². The average molecular weight is 410 g/mol. The summed E-state index contributed by atoms with van der Waals surface area (Å²) < 4.78 is 19.8. The highest BCUT2D eigenvalue weighted by molar-refractivity contribution is 7.15. The molecule has 0 spiro atoms. The molecule has 1 saturated carbocycles. The van der Waals surface area contributed by atoms with Gasteiger partial charge in [0.2, 0.25) is 0 Å². The maximum Gasteiger partial charge on any atom is 0.123 e. The number of carbonyl (C=O) groups is 1. The van der Waals surface area contributed by atoms with Crippen LogP contribution in [0.5, 0.6) is 5.75 Å². The van der Waals surface area contributed by atoms with Crippen molar-refractivity contribution in [1.29, 1.82) is 0 Å². The zero-order chi connectivity index (χ0) is 20.2. The van der Waals surface area contributed by atoms with Crippen molar-refractivity contribution in [1.82, 2.24) is 0 Å². The first kappa shape index (κ1) is 19.6. The molecule has 1 aliphatic carbocycles. The molecule has 0 bridgehead atoms. The van der Waals surface area contributed by atoms with Crippen molar-refractivity contribution in [2.45, 2.75) is 44.6 Å². The standard InChI is InChI=1S/C24H23FO3S/c25-19-8-11-21(23-13-12-22(29-23)17-6-7-17)18(14-19)15-28-20-9-4-16(5-10-20)2-1-3-24(26)27/h4-5,8-14,17H,1-3,6-7,15H2,(H,26,27)/p-1. The number of carboxylic acid groups (broad SMARTS) is 1. The molecule has 1 heterocycles. The van der Waals surface area contributed by atoms with Crippen LogP contribution in [-0.4, -0.2) is 5.97 Å². The quantitative estimate of drug-likeness (QED) is 0.495. The third kappa shape index (κ3) is 5.24. The van der Waals surface area contributed by atoms with E-state index in [0.29, 0.717) is 24.5 Å². The van der Waals surface area contributed by atoms with Crippen molar-refractivity contribution in [3.8, 4) is 16.2 Å². The van der Waals surface area contributed by atoms with Gasteiger partial charge in [0.05, 0.1) is 0 Å². The van der Waals surface area contributed by atoms with Gasteiger partial charge >= 0.3 is 0 Å². The molecule has 1 aromatic heterocycles. The smallest absolute Gasteiger partial charge is 0.123 e. The van der Waals surface area contributed by atoms with Gasteiger partial charge in [-0.05, 0) is 85.5 Å². The average Bonchev–Trinajstić information content (AvgIpc) is 3.44. The second kappa shape index (κ2) is 8.78. The molecule has 0 N–H and O–H groups in total. The topological polar surface area (TPSA) is 49.4 Å². The molecule has 0 atom stereocenters. The minimum Gasteiger partial charge on any atom is -0.550 e. The van der Waals surface area contributed by atoms with E-state index in [-0.39, 0.29) is 18.8 Å². The van der Waals surface area contributed by atoms with Crippen LogP contribution in [0, 0.1) is 5.82 Å². The number of rotatable bonds is 9. The van der Waals surface area contributed by atoms with Gasteiger partial charge in [-0.25, -0.2) is 4.39 Å². The van der Waals surface area contributed by atoms with E-state index >= 15 is 0 Å². The lowest BCUT2D eigenvalue weighted by molar-refractivity contribution is -0.305. The molecule has 0 radical (unpaired) electrons. The molecule has 1 aliphatic rings. The number of carbonyl (C=O) groups excluding carboxylic acids is 1. The first-order valence-corrected chi connectivity index (χ1v) is 10.7. The minimum atomic E-state index is -1.02. The Morgan fingerprint density at radius 3 is 2.62 bits per heavy atom. The molecular weight excluding hydrogens is 387 g/mol. The zero-order valence-electron chi connectivity index (χ0n) is 16.0. The fourth-order valence-electron chi connectivity index (χ4n) is 3.36. The Kier molecular flexibility index (Phi) is 5.95. The summed E-state index contributed by atoms with van der Waals surface area (Å²) in [6.07, 6.45) is 3.83. The number of halogens is 1. The minimum absolute atomic E-state index is 0.0613. The van der Waals surface area contributed by atoms with Crippen molar-refractivity contribution >= 4 is 17.3 Å². The summed E-state index contributed by atoms with van der Waals surface area (Å²) in [5.74, 6) is 0.119. The van der Waals surface area contributed by atoms with Crippen LogP contribution in [0.2, 0.25) is 0 Å². The number of ether oxygens (including phenoxy) is 1. The van der Waals surface area contributed by atoms with Gasteiger partial charge in [-0.3, -0.25) is 0 Å². The van der Waals surface area contributed by atoms with Crippen LogP contribution in [0.25, 0.3) is 10.4 Å². The highest BCUT2D eigenvalue weighted by atomic mass is 32.1. The highest BCUT2D eigenvalue weighted by Crippen LogP contribution is 2.45. The molecule has 0 saturated heterocycles. The van der Waals surface area contributed by atoms with E-state index in [2.05, 4.69) is 12.1 Å². The van der Waals surface area contributed by atoms with Gasteiger partial charge in [-0.15, -0.1) is 11.3 Å². The Morgan fingerprint density at radius 2 is 1.90 bits per heavy atom. The number of aryl methyl sites for hydroxylation is 1. The van der Waals surface area contributed by atoms with E-state index in [1.807, 2.05) is 30.3 Å². The Labute approximate surface area is 173 Å². The zero-order valence-corrected chi connectivity index (χ0v) is 16.8. The van der Waals surface area contributed by atoms with Gasteiger partial charge in [0.15, 0.2) is 0 Å². The first-order valence-electron chi connectivity index (χ1n) is 9.88. The molecule has 3 aromatic rings. The number of hydrogen-bond donors (Lipinski definition) is 0. The predicted octanol–water partition coefficient (Wildman–Crippen LogP) is 5.08. The third-order valence-corrected chi connectivity index (χ3v) is 6.38. The van der Waals surface area contributed by atoms with E-state index in [1.54, 1.807) is 17.4 Å². The largest absolute Gasteiger partial charge is 0.550 e. The van der Waals surface area contributed by atoms with E-state index in [0.717, 1.165) is 21.6 Å². The van der Waals surface area contributed by atoms with Gasteiger partial charge in [0.1, 0.15) is 18.2 Å². The molecule has 4 rings (SSSR count). The molecule has 29 heavy (non-hydrogen) atoms. The maximum absolute atomic E-state index is 13.9. The van der Waals surface area contributed by atoms with Crippen LogP contribution >= 0.6 is 11.3 Å². The summed E-state index contributed by atoms with van der Waals surface area (Å²) in [4.78, 5) is 13.1. The van der Waals surface area contributed by atoms with Crippen molar-refractivity contribution < 1.29 is 19.0 Å². The third-order valence-electron chi connectivity index (χ3n) is 5.10. The SMILES string of the molecule is O=C([O-])CCCc1ccc(OCc2cc(F)ccc2-c2ccc(C3CC3)s2)cc1. The number of thiophene rings is 1. The Balaban J connectivity index is 1.42. The number of carboxylic acids is 1. The summed E-state index contributed by atoms with van der Waals surface area (Å²) in [6, 6.07) is 16.8. The maximum atomic E-state index is 13.9. The van der Waals surface area contributed by atoms with Crippen LogP contribution in [0.4, 0.5) is 4.39 Å². The van der Waals surface area contributed by atoms with Crippen molar-refractivity contribution in [3.05, 3.63) is 76.4 Å². The summed E-state index contributed by atoms with van der Waals surface area (Å²) in [7, 11) is 0. The van der Waals surface area contributed by atoms with Crippen molar-refractivity contribution in [2.75, 3.05) is 0 Å². The van der Waals surface area contributed by atoms with Gasteiger partial charge < -0.3 is 14.6 Å². The second-order valence-electron chi connectivity index (χ2n) is 7.44. The van der Waals surface area contributed by atoms with E-state index in [9.17, 15) is 14.3 Å². The summed E-state index contributed by atoms with van der Waals surface area (Å²) >= 11 is 1.79. The molecule has 0 aliphatic heterocycles. The highest BCUT2D eigenvalue weighted by Gasteiger charge is 2.25. The van der Waals surface area contributed by atoms with E-state index < -0.39 is 5.97 Å². The lowest BCUT2D eigenvalue weighted by Crippen LogP contribution is -2.21.